The summed E-state index contributed by atoms with van der Waals surface area (Å²) in [5.41, 5.74) is 2.76. The number of aromatic nitrogens is 3. The third-order valence-corrected chi connectivity index (χ3v) is 6.82. The molecule has 35 heavy (non-hydrogen) atoms. The number of hydrogen-bond donors (Lipinski definition) is 1. The third-order valence-electron chi connectivity index (χ3n) is 6.82. The number of allylic oxidation sites excluding steroid dienone is 1. The highest BCUT2D eigenvalue weighted by Crippen LogP contribution is 2.32. The predicted molar refractivity (Wildman–Crippen MR) is 132 cm³/mol. The molecular formula is C27H30FN5O2. The van der Waals surface area contributed by atoms with Crippen LogP contribution in [0.1, 0.15) is 44.9 Å². The van der Waals surface area contributed by atoms with Crippen molar-refractivity contribution in [1.82, 2.24) is 20.4 Å². The number of rotatable bonds is 7. The predicted octanol–water partition coefficient (Wildman–Crippen LogP) is 5.16. The molecular weight excluding hydrogens is 445 g/mol. The van der Waals surface area contributed by atoms with Crippen molar-refractivity contribution in [3.63, 3.8) is 0 Å². The SMILES string of the molecule is O=C(NCCC1=CCCCC1)C1CCN(c2ncccc2-c2nc(-c3cccc(F)c3)no2)CC1. The molecule has 2 aliphatic rings. The molecule has 0 radical (unpaired) electrons. The van der Waals surface area contributed by atoms with E-state index in [1.165, 1.54) is 43.4 Å². The number of carbonyl (C=O) groups excluding carboxylic acids is 1. The Bertz CT molecular complexity index is 1200. The molecule has 3 aromatic rings. The van der Waals surface area contributed by atoms with Gasteiger partial charge in [-0.1, -0.05) is 28.9 Å². The second-order valence-electron chi connectivity index (χ2n) is 9.22. The van der Waals surface area contributed by atoms with Crippen molar-refractivity contribution in [1.29, 1.82) is 0 Å². The van der Waals surface area contributed by atoms with Gasteiger partial charge in [-0.3, -0.25) is 4.79 Å². The Balaban J connectivity index is 1.20. The van der Waals surface area contributed by atoms with Crippen LogP contribution in [-0.2, 0) is 4.79 Å². The molecule has 1 fully saturated rings. The van der Waals surface area contributed by atoms with Gasteiger partial charge in [-0.05, 0) is 69.2 Å². The Morgan fingerprint density at radius 1 is 1.17 bits per heavy atom. The topological polar surface area (TPSA) is 84.2 Å². The number of piperidine rings is 1. The number of nitrogens with zero attached hydrogens (tertiary/aromatic N) is 4. The van der Waals surface area contributed by atoms with E-state index in [-0.39, 0.29) is 17.6 Å². The first-order chi connectivity index (χ1) is 17.2. The van der Waals surface area contributed by atoms with E-state index in [2.05, 4.69) is 31.4 Å². The smallest absolute Gasteiger partial charge is 0.261 e. The quantitative estimate of drug-likeness (QED) is 0.475. The highest BCUT2D eigenvalue weighted by atomic mass is 19.1. The lowest BCUT2D eigenvalue weighted by molar-refractivity contribution is -0.125. The fourth-order valence-corrected chi connectivity index (χ4v) is 4.87. The normalized spacial score (nSPS) is 16.7. The number of carbonyl (C=O) groups is 1. The molecule has 0 atom stereocenters. The summed E-state index contributed by atoms with van der Waals surface area (Å²) >= 11 is 0. The summed E-state index contributed by atoms with van der Waals surface area (Å²) in [6, 6.07) is 9.83. The van der Waals surface area contributed by atoms with Crippen LogP contribution in [0, 0.1) is 11.7 Å². The molecule has 0 saturated carbocycles. The largest absolute Gasteiger partial charge is 0.356 e. The van der Waals surface area contributed by atoms with Crippen LogP contribution < -0.4 is 10.2 Å². The van der Waals surface area contributed by atoms with E-state index < -0.39 is 0 Å². The fraction of sp³-hybridized carbons (Fsp3) is 0.407. The van der Waals surface area contributed by atoms with Gasteiger partial charge in [-0.25, -0.2) is 9.37 Å². The Morgan fingerprint density at radius 2 is 2.06 bits per heavy atom. The van der Waals surface area contributed by atoms with Crippen LogP contribution in [0.15, 0.2) is 58.8 Å². The van der Waals surface area contributed by atoms with Crippen LogP contribution in [0.5, 0.6) is 0 Å². The van der Waals surface area contributed by atoms with E-state index in [9.17, 15) is 9.18 Å². The molecule has 0 bridgehead atoms. The van der Waals surface area contributed by atoms with Crippen LogP contribution in [0.25, 0.3) is 22.8 Å². The van der Waals surface area contributed by atoms with Gasteiger partial charge in [0.15, 0.2) is 0 Å². The van der Waals surface area contributed by atoms with Crippen molar-refractivity contribution in [3.05, 3.63) is 60.1 Å². The zero-order valence-electron chi connectivity index (χ0n) is 19.8. The molecule has 0 spiro atoms. The molecule has 1 N–H and O–H groups in total. The Hall–Kier alpha value is -3.55. The average molecular weight is 476 g/mol. The van der Waals surface area contributed by atoms with Gasteiger partial charge < -0.3 is 14.7 Å². The Kier molecular flexibility index (Phi) is 7.16. The van der Waals surface area contributed by atoms with Crippen molar-refractivity contribution in [2.75, 3.05) is 24.5 Å². The number of benzene rings is 1. The number of anilines is 1. The van der Waals surface area contributed by atoms with Crippen LogP contribution >= 0.6 is 0 Å². The van der Waals surface area contributed by atoms with E-state index >= 15 is 0 Å². The number of hydrogen-bond acceptors (Lipinski definition) is 6. The van der Waals surface area contributed by atoms with Crippen molar-refractivity contribution < 1.29 is 13.7 Å². The molecule has 1 aromatic carbocycles. The Labute approximate surface area is 204 Å². The lowest BCUT2D eigenvalue weighted by Gasteiger charge is -2.32. The molecule has 1 amide bonds. The summed E-state index contributed by atoms with van der Waals surface area (Å²) < 4.78 is 19.1. The third kappa shape index (κ3) is 5.58. The summed E-state index contributed by atoms with van der Waals surface area (Å²) in [5.74, 6) is 1.23. The molecule has 1 aliphatic heterocycles. The highest BCUT2D eigenvalue weighted by molar-refractivity contribution is 5.79. The highest BCUT2D eigenvalue weighted by Gasteiger charge is 2.27. The molecule has 3 heterocycles. The van der Waals surface area contributed by atoms with Gasteiger partial charge in [0.1, 0.15) is 11.6 Å². The van der Waals surface area contributed by atoms with Gasteiger partial charge in [0.25, 0.3) is 5.89 Å². The second kappa shape index (κ2) is 10.8. The van der Waals surface area contributed by atoms with Gasteiger partial charge in [0.05, 0.1) is 5.56 Å². The summed E-state index contributed by atoms with van der Waals surface area (Å²) in [7, 11) is 0. The Morgan fingerprint density at radius 3 is 2.86 bits per heavy atom. The molecule has 5 rings (SSSR count). The van der Waals surface area contributed by atoms with Crippen LogP contribution in [-0.4, -0.2) is 40.7 Å². The van der Waals surface area contributed by atoms with Crippen molar-refractivity contribution in [2.45, 2.75) is 44.9 Å². The summed E-state index contributed by atoms with van der Waals surface area (Å²) in [6.07, 6.45) is 11.5. The molecule has 8 heteroatoms. The van der Waals surface area contributed by atoms with E-state index in [0.717, 1.165) is 50.3 Å². The standard InChI is InChI=1S/C27H30FN5O2/c28-22-9-4-8-21(18-22)24-31-27(35-32-24)23-10-5-14-29-25(23)33-16-12-20(13-17-33)26(34)30-15-11-19-6-2-1-3-7-19/h4-6,8-10,14,18,20H,1-3,7,11-13,15-17H2,(H,30,34). The minimum Gasteiger partial charge on any atom is -0.356 e. The van der Waals surface area contributed by atoms with E-state index in [4.69, 9.17) is 4.52 Å². The maximum atomic E-state index is 13.6. The summed E-state index contributed by atoms with van der Waals surface area (Å²) in [5, 5.41) is 7.17. The van der Waals surface area contributed by atoms with E-state index in [0.29, 0.717) is 17.3 Å². The average Bonchev–Trinajstić information content (AvgIpc) is 3.40. The first kappa shape index (κ1) is 23.2. The maximum Gasteiger partial charge on any atom is 0.261 e. The second-order valence-corrected chi connectivity index (χ2v) is 9.22. The van der Waals surface area contributed by atoms with Crippen LogP contribution in [0.2, 0.25) is 0 Å². The maximum absolute atomic E-state index is 13.6. The van der Waals surface area contributed by atoms with E-state index in [1.54, 1.807) is 18.3 Å². The van der Waals surface area contributed by atoms with E-state index in [1.807, 2.05) is 12.1 Å². The molecule has 0 unspecified atom stereocenters. The van der Waals surface area contributed by atoms with Gasteiger partial charge in [-0.2, -0.15) is 4.98 Å². The minimum atomic E-state index is -0.353. The monoisotopic (exact) mass is 475 g/mol. The van der Waals surface area contributed by atoms with Crippen molar-refractivity contribution in [3.8, 4) is 22.8 Å². The number of amides is 1. The van der Waals surface area contributed by atoms with Gasteiger partial charge >= 0.3 is 0 Å². The fourth-order valence-electron chi connectivity index (χ4n) is 4.87. The van der Waals surface area contributed by atoms with Gasteiger partial charge in [0, 0.05) is 37.3 Å². The summed E-state index contributed by atoms with van der Waals surface area (Å²) in [4.78, 5) is 23.9. The number of halogens is 1. The molecule has 182 valence electrons. The zero-order chi connectivity index (χ0) is 24.0. The van der Waals surface area contributed by atoms with Crippen molar-refractivity contribution >= 4 is 11.7 Å². The minimum absolute atomic E-state index is 0.0155. The number of pyridine rings is 1. The molecule has 1 aliphatic carbocycles. The zero-order valence-corrected chi connectivity index (χ0v) is 19.8. The molecule has 1 saturated heterocycles. The van der Waals surface area contributed by atoms with Crippen molar-refractivity contribution in [2.24, 2.45) is 5.92 Å². The molecule has 2 aromatic heterocycles. The number of nitrogens with one attached hydrogen (secondary N) is 1. The van der Waals surface area contributed by atoms with Crippen LogP contribution in [0.3, 0.4) is 0 Å². The lowest BCUT2D eigenvalue weighted by atomic mass is 9.95. The summed E-state index contributed by atoms with van der Waals surface area (Å²) in [6.45, 7) is 2.16. The molecule has 7 nitrogen and oxygen atoms in total. The first-order valence-corrected chi connectivity index (χ1v) is 12.4. The first-order valence-electron chi connectivity index (χ1n) is 12.4. The van der Waals surface area contributed by atoms with Crippen LogP contribution in [0.4, 0.5) is 10.2 Å². The van der Waals surface area contributed by atoms with Gasteiger partial charge in [-0.15, -0.1) is 0 Å². The van der Waals surface area contributed by atoms with Gasteiger partial charge in [0.2, 0.25) is 11.7 Å². The lowest BCUT2D eigenvalue weighted by Crippen LogP contribution is -2.41.